The quantitative estimate of drug-likeness (QED) is 0.836. The van der Waals surface area contributed by atoms with Crippen LogP contribution in [-0.4, -0.2) is 23.0 Å². The number of carboxylic acid groups (broad SMARTS) is 1. The third-order valence-corrected chi connectivity index (χ3v) is 2.53. The van der Waals surface area contributed by atoms with Gasteiger partial charge in [0, 0.05) is 5.56 Å². The molecule has 4 heteroatoms. The van der Waals surface area contributed by atoms with E-state index in [2.05, 4.69) is 5.32 Å². The molecule has 2 N–H and O–H groups in total. The Morgan fingerprint density at radius 3 is 2.12 bits per heavy atom. The van der Waals surface area contributed by atoms with E-state index in [9.17, 15) is 9.59 Å². The molecule has 0 radical (unpaired) electrons. The summed E-state index contributed by atoms with van der Waals surface area (Å²) < 4.78 is 0. The van der Waals surface area contributed by atoms with Crippen molar-refractivity contribution in [3.8, 4) is 0 Å². The minimum Gasteiger partial charge on any atom is -0.480 e. The fourth-order valence-corrected chi connectivity index (χ4v) is 1.44. The van der Waals surface area contributed by atoms with Crippen LogP contribution < -0.4 is 5.32 Å². The molecule has 1 unspecified atom stereocenters. The van der Waals surface area contributed by atoms with Crippen molar-refractivity contribution in [2.45, 2.75) is 26.8 Å². The molecule has 0 fully saturated rings. The molecule has 0 spiro atoms. The summed E-state index contributed by atoms with van der Waals surface area (Å²) in [5, 5.41) is 11.5. The number of hydrogen-bond donors (Lipinski definition) is 2. The largest absolute Gasteiger partial charge is 0.480 e. The van der Waals surface area contributed by atoms with Crippen LogP contribution in [0.4, 0.5) is 0 Å². The molecule has 1 rings (SSSR count). The second kappa shape index (κ2) is 5.48. The van der Waals surface area contributed by atoms with E-state index in [4.69, 9.17) is 5.11 Å². The van der Waals surface area contributed by atoms with E-state index < -0.39 is 12.0 Å². The van der Waals surface area contributed by atoms with Crippen LogP contribution in [0.5, 0.6) is 0 Å². The molecule has 1 aromatic carbocycles. The van der Waals surface area contributed by atoms with Gasteiger partial charge in [-0.1, -0.05) is 31.5 Å². The minimum absolute atomic E-state index is 0.151. The van der Waals surface area contributed by atoms with Gasteiger partial charge in [-0.15, -0.1) is 0 Å². The van der Waals surface area contributed by atoms with Gasteiger partial charge in [0.2, 0.25) is 0 Å². The Morgan fingerprint density at radius 1 is 1.18 bits per heavy atom. The van der Waals surface area contributed by atoms with Crippen molar-refractivity contribution in [1.82, 2.24) is 5.32 Å². The highest BCUT2D eigenvalue weighted by Crippen LogP contribution is 2.06. The Bertz CT molecular complexity index is 409. The summed E-state index contributed by atoms with van der Waals surface area (Å²) in [5.41, 5.74) is 1.53. The average Bonchev–Trinajstić information content (AvgIpc) is 2.25. The van der Waals surface area contributed by atoms with E-state index >= 15 is 0 Å². The molecule has 0 saturated heterocycles. The summed E-state index contributed by atoms with van der Waals surface area (Å²) in [4.78, 5) is 22.7. The van der Waals surface area contributed by atoms with Gasteiger partial charge in [-0.05, 0) is 25.0 Å². The van der Waals surface area contributed by atoms with E-state index in [1.54, 1.807) is 26.0 Å². The zero-order valence-electron chi connectivity index (χ0n) is 10.2. The Hall–Kier alpha value is -1.84. The van der Waals surface area contributed by atoms with Crippen LogP contribution in [0.2, 0.25) is 0 Å². The number of carboxylic acids is 1. The topological polar surface area (TPSA) is 66.4 Å². The standard InChI is InChI=1S/C13H17NO3/c1-8(2)11(13(16)17)14-12(15)10-6-4-9(3)5-7-10/h4-8,11H,1-3H3,(H,14,15)(H,16,17). The van der Waals surface area contributed by atoms with Crippen molar-refractivity contribution in [2.75, 3.05) is 0 Å². The molecule has 0 heterocycles. The molecule has 0 aliphatic heterocycles. The maximum Gasteiger partial charge on any atom is 0.326 e. The predicted molar refractivity (Wildman–Crippen MR) is 64.9 cm³/mol. The van der Waals surface area contributed by atoms with E-state index in [1.165, 1.54) is 0 Å². The Morgan fingerprint density at radius 2 is 1.71 bits per heavy atom. The lowest BCUT2D eigenvalue weighted by molar-refractivity contribution is -0.140. The number of rotatable bonds is 4. The SMILES string of the molecule is Cc1ccc(C(=O)NC(C(=O)O)C(C)C)cc1. The van der Waals surface area contributed by atoms with Gasteiger partial charge >= 0.3 is 5.97 Å². The smallest absolute Gasteiger partial charge is 0.326 e. The van der Waals surface area contributed by atoms with Crippen LogP contribution >= 0.6 is 0 Å². The van der Waals surface area contributed by atoms with Crippen LogP contribution in [0.1, 0.15) is 29.8 Å². The van der Waals surface area contributed by atoms with Crippen LogP contribution in [0.3, 0.4) is 0 Å². The van der Waals surface area contributed by atoms with Gasteiger partial charge in [0.25, 0.3) is 5.91 Å². The number of amides is 1. The van der Waals surface area contributed by atoms with Gasteiger partial charge in [-0.3, -0.25) is 4.79 Å². The van der Waals surface area contributed by atoms with Gasteiger partial charge in [0.05, 0.1) is 0 Å². The molecule has 1 atom stereocenters. The lowest BCUT2D eigenvalue weighted by atomic mass is 10.0. The van der Waals surface area contributed by atoms with Crippen LogP contribution in [0.15, 0.2) is 24.3 Å². The Balaban J connectivity index is 2.77. The molecular formula is C13H17NO3. The second-order valence-electron chi connectivity index (χ2n) is 4.40. The van der Waals surface area contributed by atoms with Crippen LogP contribution in [-0.2, 0) is 4.79 Å². The molecule has 4 nitrogen and oxygen atoms in total. The maximum atomic E-state index is 11.8. The fourth-order valence-electron chi connectivity index (χ4n) is 1.44. The molecule has 1 amide bonds. The van der Waals surface area contributed by atoms with Gasteiger partial charge < -0.3 is 10.4 Å². The lowest BCUT2D eigenvalue weighted by Gasteiger charge is -2.17. The average molecular weight is 235 g/mol. The molecule has 0 saturated carbocycles. The summed E-state index contributed by atoms with van der Waals surface area (Å²) in [6.07, 6.45) is 0. The first-order valence-electron chi connectivity index (χ1n) is 5.52. The molecule has 0 aromatic heterocycles. The first-order chi connectivity index (χ1) is 7.91. The van der Waals surface area contributed by atoms with Crippen molar-refractivity contribution < 1.29 is 14.7 Å². The highest BCUT2D eigenvalue weighted by atomic mass is 16.4. The summed E-state index contributed by atoms with van der Waals surface area (Å²) in [7, 11) is 0. The molecule has 17 heavy (non-hydrogen) atoms. The molecular weight excluding hydrogens is 218 g/mol. The van der Waals surface area contributed by atoms with Gasteiger partial charge in [-0.25, -0.2) is 4.79 Å². The molecule has 92 valence electrons. The third kappa shape index (κ3) is 3.59. The monoisotopic (exact) mass is 235 g/mol. The number of carbonyl (C=O) groups excluding carboxylic acids is 1. The number of nitrogens with one attached hydrogen (secondary N) is 1. The molecule has 0 aliphatic rings. The zero-order chi connectivity index (χ0) is 13.0. The highest BCUT2D eigenvalue weighted by Gasteiger charge is 2.23. The van der Waals surface area contributed by atoms with Crippen molar-refractivity contribution in [3.05, 3.63) is 35.4 Å². The minimum atomic E-state index is -1.01. The summed E-state index contributed by atoms with van der Waals surface area (Å²) >= 11 is 0. The van der Waals surface area contributed by atoms with Crippen molar-refractivity contribution in [3.63, 3.8) is 0 Å². The number of aliphatic carboxylic acids is 1. The van der Waals surface area contributed by atoms with E-state index in [1.807, 2.05) is 19.1 Å². The first-order valence-corrected chi connectivity index (χ1v) is 5.52. The fraction of sp³-hybridized carbons (Fsp3) is 0.385. The summed E-state index contributed by atoms with van der Waals surface area (Å²) in [6.45, 7) is 5.44. The van der Waals surface area contributed by atoms with Gasteiger partial charge in [-0.2, -0.15) is 0 Å². The number of carbonyl (C=O) groups is 2. The first kappa shape index (κ1) is 13.2. The number of aryl methyl sites for hydroxylation is 1. The normalized spacial score (nSPS) is 12.2. The van der Waals surface area contributed by atoms with E-state index in [-0.39, 0.29) is 11.8 Å². The van der Waals surface area contributed by atoms with Crippen LogP contribution in [0.25, 0.3) is 0 Å². The van der Waals surface area contributed by atoms with Gasteiger partial charge in [0.15, 0.2) is 0 Å². The lowest BCUT2D eigenvalue weighted by Crippen LogP contribution is -2.44. The van der Waals surface area contributed by atoms with Crippen molar-refractivity contribution in [1.29, 1.82) is 0 Å². The summed E-state index contributed by atoms with van der Waals surface area (Å²) in [5.74, 6) is -1.52. The van der Waals surface area contributed by atoms with Crippen molar-refractivity contribution in [2.24, 2.45) is 5.92 Å². The molecule has 0 aliphatic carbocycles. The Kier molecular flexibility index (Phi) is 4.26. The maximum absolute atomic E-state index is 11.8. The Labute approximate surface area is 101 Å². The third-order valence-electron chi connectivity index (χ3n) is 2.53. The molecule has 0 bridgehead atoms. The van der Waals surface area contributed by atoms with E-state index in [0.717, 1.165) is 5.56 Å². The number of benzene rings is 1. The number of hydrogen-bond acceptors (Lipinski definition) is 2. The van der Waals surface area contributed by atoms with E-state index in [0.29, 0.717) is 5.56 Å². The van der Waals surface area contributed by atoms with Crippen LogP contribution in [0, 0.1) is 12.8 Å². The summed E-state index contributed by atoms with van der Waals surface area (Å²) in [6, 6.07) is 6.15. The zero-order valence-corrected chi connectivity index (χ0v) is 10.2. The highest BCUT2D eigenvalue weighted by molar-refractivity contribution is 5.96. The second-order valence-corrected chi connectivity index (χ2v) is 4.40. The van der Waals surface area contributed by atoms with Gasteiger partial charge in [0.1, 0.15) is 6.04 Å². The predicted octanol–water partition coefficient (Wildman–Crippen LogP) is 1.83. The van der Waals surface area contributed by atoms with Crippen molar-refractivity contribution >= 4 is 11.9 Å². The molecule has 1 aromatic rings.